The number of aromatic amines is 1. The maximum atomic E-state index is 14.0. The highest BCUT2D eigenvalue weighted by Gasteiger charge is 2.31. The minimum Gasteiger partial charge on any atom is -0.310 e. The number of nitrogens with one attached hydrogen (secondary N) is 1. The molecule has 0 bridgehead atoms. The predicted octanol–water partition coefficient (Wildman–Crippen LogP) is 3.44. The van der Waals surface area contributed by atoms with Crippen molar-refractivity contribution in [2.45, 2.75) is 44.9 Å². The van der Waals surface area contributed by atoms with E-state index in [9.17, 15) is 22.4 Å². The molecule has 1 aliphatic heterocycles. The van der Waals surface area contributed by atoms with Crippen LogP contribution in [0.4, 0.5) is 17.6 Å². The van der Waals surface area contributed by atoms with Crippen LogP contribution < -0.4 is 5.56 Å². The smallest absolute Gasteiger partial charge is 0.310 e. The second-order valence-electron chi connectivity index (χ2n) is 7.35. The number of halogens is 4. The zero-order valence-corrected chi connectivity index (χ0v) is 14.6. The lowest BCUT2D eigenvalue weighted by atomic mass is 10.0. The maximum Gasteiger partial charge on any atom is 0.416 e. The van der Waals surface area contributed by atoms with Crippen molar-refractivity contribution >= 4 is 0 Å². The van der Waals surface area contributed by atoms with Crippen LogP contribution in [-0.4, -0.2) is 21.4 Å². The van der Waals surface area contributed by atoms with E-state index in [1.165, 1.54) is 0 Å². The molecule has 2 heterocycles. The van der Waals surface area contributed by atoms with Crippen LogP contribution in [0.3, 0.4) is 0 Å². The number of alkyl halides is 3. The monoisotopic (exact) mass is 381 g/mol. The summed E-state index contributed by atoms with van der Waals surface area (Å²) in [6, 6.07) is 2.46. The molecule has 0 atom stereocenters. The third kappa shape index (κ3) is 4.05. The third-order valence-electron chi connectivity index (χ3n) is 5.15. The van der Waals surface area contributed by atoms with Crippen molar-refractivity contribution in [1.29, 1.82) is 0 Å². The second kappa shape index (κ2) is 6.74. The van der Waals surface area contributed by atoms with Crippen LogP contribution >= 0.6 is 0 Å². The van der Waals surface area contributed by atoms with Crippen LogP contribution in [-0.2, 0) is 32.1 Å². The Morgan fingerprint density at radius 3 is 2.74 bits per heavy atom. The van der Waals surface area contributed by atoms with Gasteiger partial charge in [0.2, 0.25) is 0 Å². The Bertz CT molecular complexity index is 918. The Hall–Kier alpha value is -2.22. The molecule has 1 aromatic heterocycles. The summed E-state index contributed by atoms with van der Waals surface area (Å²) in [5.41, 5.74) is 0.262. The van der Waals surface area contributed by atoms with E-state index >= 15 is 0 Å². The fraction of sp³-hybridized carbons (Fsp3) is 0.474. The summed E-state index contributed by atoms with van der Waals surface area (Å²) in [7, 11) is 0. The molecule has 2 aromatic rings. The molecule has 4 rings (SSSR count). The summed E-state index contributed by atoms with van der Waals surface area (Å²) in [6.07, 6.45) is -1.04. The molecule has 1 N–H and O–H groups in total. The number of rotatable bonds is 4. The van der Waals surface area contributed by atoms with Crippen molar-refractivity contribution in [2.24, 2.45) is 5.92 Å². The first-order valence-corrected chi connectivity index (χ1v) is 8.98. The van der Waals surface area contributed by atoms with Gasteiger partial charge in [-0.3, -0.25) is 9.69 Å². The van der Waals surface area contributed by atoms with Crippen molar-refractivity contribution in [3.63, 3.8) is 0 Å². The van der Waals surface area contributed by atoms with Crippen molar-refractivity contribution in [3.05, 3.63) is 62.6 Å². The maximum absolute atomic E-state index is 14.0. The molecule has 0 amide bonds. The summed E-state index contributed by atoms with van der Waals surface area (Å²) in [5, 5.41) is 0. The summed E-state index contributed by atoms with van der Waals surface area (Å²) >= 11 is 0. The number of nitrogens with zero attached hydrogens (tertiary/aromatic N) is 2. The summed E-state index contributed by atoms with van der Waals surface area (Å²) in [5.74, 6) is 0.570. The number of fused-ring (bicyclic) bond motifs is 1. The average molecular weight is 381 g/mol. The number of benzene rings is 1. The third-order valence-corrected chi connectivity index (χ3v) is 5.15. The molecular formula is C19H19F4N3O. The van der Waals surface area contributed by atoms with Gasteiger partial charge in [-0.15, -0.1) is 0 Å². The van der Waals surface area contributed by atoms with Gasteiger partial charge in [0.05, 0.1) is 11.3 Å². The van der Waals surface area contributed by atoms with Crippen LogP contribution in [0.5, 0.6) is 0 Å². The zero-order valence-electron chi connectivity index (χ0n) is 14.6. The zero-order chi connectivity index (χ0) is 19.2. The highest BCUT2D eigenvalue weighted by molar-refractivity contribution is 5.28. The van der Waals surface area contributed by atoms with E-state index in [-0.39, 0.29) is 17.7 Å². The van der Waals surface area contributed by atoms with Crippen molar-refractivity contribution in [2.75, 3.05) is 6.54 Å². The number of aromatic nitrogens is 2. The van der Waals surface area contributed by atoms with Gasteiger partial charge < -0.3 is 4.98 Å². The van der Waals surface area contributed by atoms with Gasteiger partial charge in [-0.2, -0.15) is 13.2 Å². The molecule has 1 aromatic carbocycles. The predicted molar refractivity (Wildman–Crippen MR) is 90.5 cm³/mol. The molecular weight excluding hydrogens is 362 g/mol. The first kappa shape index (κ1) is 18.2. The van der Waals surface area contributed by atoms with Gasteiger partial charge in [-0.25, -0.2) is 9.37 Å². The molecule has 144 valence electrons. The Kier molecular flexibility index (Phi) is 4.53. The molecule has 27 heavy (non-hydrogen) atoms. The largest absolute Gasteiger partial charge is 0.416 e. The summed E-state index contributed by atoms with van der Waals surface area (Å²) in [4.78, 5) is 21.5. The Labute approximate surface area is 153 Å². The normalized spacial score (nSPS) is 17.8. The first-order valence-electron chi connectivity index (χ1n) is 8.98. The minimum atomic E-state index is -4.51. The molecule has 8 heteroatoms. The van der Waals surface area contributed by atoms with E-state index in [1.54, 1.807) is 0 Å². The lowest BCUT2D eigenvalue weighted by molar-refractivity contribution is -0.137. The Balaban J connectivity index is 1.54. The van der Waals surface area contributed by atoms with Crippen LogP contribution in [0, 0.1) is 11.7 Å². The highest BCUT2D eigenvalue weighted by atomic mass is 19.4. The summed E-state index contributed by atoms with van der Waals surface area (Å²) in [6.45, 7) is 0.837. The quantitative estimate of drug-likeness (QED) is 0.826. The first-order chi connectivity index (χ1) is 12.8. The van der Waals surface area contributed by atoms with Gasteiger partial charge in [0.25, 0.3) is 5.56 Å². The van der Waals surface area contributed by atoms with E-state index in [2.05, 4.69) is 9.97 Å². The number of H-pyrrole nitrogens is 1. The fourth-order valence-corrected chi connectivity index (χ4v) is 3.49. The molecule has 1 aliphatic carbocycles. The molecule has 0 radical (unpaired) electrons. The van der Waals surface area contributed by atoms with E-state index in [0.717, 1.165) is 37.5 Å². The molecule has 2 aliphatic rings. The topological polar surface area (TPSA) is 49.0 Å². The lowest BCUT2D eigenvalue weighted by Gasteiger charge is -2.28. The van der Waals surface area contributed by atoms with Crippen molar-refractivity contribution < 1.29 is 17.6 Å². The molecule has 1 fully saturated rings. The average Bonchev–Trinajstić information content (AvgIpc) is 3.39. The number of hydrogen-bond acceptors (Lipinski definition) is 3. The molecule has 4 nitrogen and oxygen atoms in total. The van der Waals surface area contributed by atoms with Gasteiger partial charge in [0.15, 0.2) is 0 Å². The van der Waals surface area contributed by atoms with E-state index in [4.69, 9.17) is 0 Å². The van der Waals surface area contributed by atoms with Crippen LogP contribution in [0.15, 0.2) is 23.0 Å². The van der Waals surface area contributed by atoms with Crippen LogP contribution in [0.1, 0.15) is 41.1 Å². The van der Waals surface area contributed by atoms with E-state index in [1.807, 2.05) is 4.90 Å². The molecule has 0 saturated heterocycles. The van der Waals surface area contributed by atoms with Gasteiger partial charge in [-0.1, -0.05) is 0 Å². The Morgan fingerprint density at radius 2 is 2.04 bits per heavy atom. The van der Waals surface area contributed by atoms with E-state index in [0.29, 0.717) is 42.5 Å². The molecule has 0 unspecified atom stereocenters. The number of hydrogen-bond donors (Lipinski definition) is 1. The van der Waals surface area contributed by atoms with Crippen molar-refractivity contribution in [3.8, 4) is 0 Å². The highest BCUT2D eigenvalue weighted by Crippen LogP contribution is 2.32. The standard InChI is InChI=1S/C19H19F4N3O/c20-15-4-3-13(19(21,22)23)8-12(15)9-26-6-5-14-16(10-26)24-17(25-18(14)27)7-11-1-2-11/h3-4,8,11H,1-2,5-7,9-10H2,(H,24,25,27). The fourth-order valence-electron chi connectivity index (χ4n) is 3.49. The minimum absolute atomic E-state index is 0.00341. The van der Waals surface area contributed by atoms with Gasteiger partial charge in [0, 0.05) is 37.2 Å². The van der Waals surface area contributed by atoms with Gasteiger partial charge >= 0.3 is 6.18 Å². The van der Waals surface area contributed by atoms with Gasteiger partial charge in [0.1, 0.15) is 11.6 Å². The Morgan fingerprint density at radius 1 is 1.26 bits per heavy atom. The summed E-state index contributed by atoms with van der Waals surface area (Å²) < 4.78 is 52.7. The molecule has 0 spiro atoms. The van der Waals surface area contributed by atoms with Crippen LogP contribution in [0.25, 0.3) is 0 Å². The lowest BCUT2D eigenvalue weighted by Crippen LogP contribution is -2.35. The van der Waals surface area contributed by atoms with Crippen molar-refractivity contribution in [1.82, 2.24) is 14.9 Å². The second-order valence-corrected chi connectivity index (χ2v) is 7.35. The van der Waals surface area contributed by atoms with Gasteiger partial charge in [-0.05, 0) is 43.4 Å². The van der Waals surface area contributed by atoms with E-state index < -0.39 is 17.6 Å². The molecule has 1 saturated carbocycles. The van der Waals surface area contributed by atoms with Crippen LogP contribution in [0.2, 0.25) is 0 Å². The SMILES string of the molecule is O=c1[nH]c(CC2CC2)nc2c1CCN(Cc1cc(C(F)(F)F)ccc1F)C2.